The number of carbonyl (C=O) groups excluding carboxylic acids is 1. The summed E-state index contributed by atoms with van der Waals surface area (Å²) >= 11 is 6.26. The first-order valence-electron chi connectivity index (χ1n) is 7.31. The maximum absolute atomic E-state index is 12.0. The molecule has 0 fully saturated rings. The molecular formula is C16H33OPSSi. The van der Waals surface area contributed by atoms with E-state index in [9.17, 15) is 4.79 Å². The van der Waals surface area contributed by atoms with E-state index in [1.807, 2.05) is 0 Å². The molecule has 0 aromatic rings. The molecule has 0 rings (SSSR count). The molecule has 20 heavy (non-hydrogen) atoms. The van der Waals surface area contributed by atoms with Gasteiger partial charge in [-0.3, -0.25) is 0 Å². The van der Waals surface area contributed by atoms with Gasteiger partial charge in [-0.2, -0.15) is 0 Å². The van der Waals surface area contributed by atoms with Gasteiger partial charge in [-0.1, -0.05) is 87.2 Å². The van der Waals surface area contributed by atoms with Crippen molar-refractivity contribution in [2.75, 3.05) is 0 Å². The second-order valence-electron chi connectivity index (χ2n) is 9.28. The molecule has 0 spiro atoms. The summed E-state index contributed by atoms with van der Waals surface area (Å²) in [7, 11) is -1.95. The third-order valence-electron chi connectivity index (χ3n) is 4.77. The predicted molar refractivity (Wildman–Crippen MR) is 100 cm³/mol. The van der Waals surface area contributed by atoms with E-state index in [4.69, 9.17) is 11.8 Å². The Balaban J connectivity index is 6.54. The van der Waals surface area contributed by atoms with Gasteiger partial charge < -0.3 is 0 Å². The van der Waals surface area contributed by atoms with Gasteiger partial charge >= 0.3 is 0 Å². The van der Waals surface area contributed by atoms with E-state index in [2.05, 4.69) is 81.3 Å². The zero-order chi connectivity index (χ0) is 16.8. The van der Waals surface area contributed by atoms with Gasteiger partial charge in [0.25, 0.3) is 0 Å². The molecule has 0 heterocycles. The Labute approximate surface area is 132 Å². The van der Waals surface area contributed by atoms with Crippen LogP contribution < -0.4 is 0 Å². The van der Waals surface area contributed by atoms with Crippen LogP contribution in [0.15, 0.2) is 4.94 Å². The standard InChI is InChI=1S/C16H33OPSSi/c1-14(2,3)18(19,15(4,5)6)13(12-17)20(10,11)16(7,8)9/h1-11H3. The average molecular weight is 333 g/mol. The van der Waals surface area contributed by atoms with E-state index in [1.54, 1.807) is 0 Å². The van der Waals surface area contributed by atoms with Crippen molar-refractivity contribution < 1.29 is 4.79 Å². The molecular weight excluding hydrogens is 299 g/mol. The van der Waals surface area contributed by atoms with Gasteiger partial charge in [0.05, 0.1) is 0 Å². The molecule has 0 N–H and O–H groups in total. The van der Waals surface area contributed by atoms with Crippen molar-refractivity contribution in [2.45, 2.75) is 90.8 Å². The van der Waals surface area contributed by atoms with Gasteiger partial charge in [-0.15, -0.1) is 0 Å². The molecule has 0 aliphatic heterocycles. The van der Waals surface area contributed by atoms with Gasteiger partial charge in [0.1, 0.15) is 14.0 Å². The van der Waals surface area contributed by atoms with Crippen LogP contribution >= 0.6 is 6.04 Å². The molecule has 0 aliphatic carbocycles. The van der Waals surface area contributed by atoms with Crippen LogP contribution in [0.1, 0.15) is 62.3 Å². The van der Waals surface area contributed by atoms with Crippen LogP contribution in [-0.4, -0.2) is 24.3 Å². The molecule has 0 atom stereocenters. The Bertz CT molecular complexity index is 448. The van der Waals surface area contributed by atoms with Crippen molar-refractivity contribution >= 4 is 31.9 Å². The summed E-state index contributed by atoms with van der Waals surface area (Å²) < 4.78 is 0. The maximum Gasteiger partial charge on any atom is 0.124 e. The molecule has 0 aromatic heterocycles. The zero-order valence-corrected chi connectivity index (χ0v) is 18.0. The third kappa shape index (κ3) is 3.22. The van der Waals surface area contributed by atoms with Crippen LogP contribution in [-0.2, 0) is 16.6 Å². The molecule has 0 aliphatic rings. The fraction of sp³-hybridized carbons (Fsp3) is 0.875. The molecule has 0 amide bonds. The molecule has 0 saturated carbocycles. The van der Waals surface area contributed by atoms with E-state index < -0.39 is 14.1 Å². The van der Waals surface area contributed by atoms with E-state index in [0.29, 0.717) is 0 Å². The summed E-state index contributed by atoms with van der Waals surface area (Å²) in [6.45, 7) is 24.5. The lowest BCUT2D eigenvalue weighted by atomic mass is 10.2. The topological polar surface area (TPSA) is 17.1 Å². The molecule has 118 valence electrons. The van der Waals surface area contributed by atoms with Crippen LogP contribution in [0.2, 0.25) is 18.1 Å². The lowest BCUT2D eigenvalue weighted by Crippen LogP contribution is -2.44. The van der Waals surface area contributed by atoms with Gasteiger partial charge in [0.2, 0.25) is 0 Å². The van der Waals surface area contributed by atoms with Crippen LogP contribution in [0, 0.1) is 0 Å². The van der Waals surface area contributed by atoms with Crippen molar-refractivity contribution in [3.8, 4) is 0 Å². The van der Waals surface area contributed by atoms with Crippen LogP contribution in [0.3, 0.4) is 0 Å². The Morgan fingerprint density at radius 2 is 1.20 bits per heavy atom. The Morgan fingerprint density at radius 3 is 1.35 bits per heavy atom. The van der Waals surface area contributed by atoms with Crippen molar-refractivity contribution in [3.63, 3.8) is 0 Å². The minimum Gasteiger partial charge on any atom is -0.234 e. The Kier molecular flexibility index (Phi) is 5.59. The van der Waals surface area contributed by atoms with E-state index >= 15 is 0 Å². The number of rotatable bonds is 2. The van der Waals surface area contributed by atoms with Crippen molar-refractivity contribution in [3.05, 3.63) is 4.94 Å². The zero-order valence-electron chi connectivity index (χ0n) is 15.3. The quantitative estimate of drug-likeness (QED) is 0.360. The molecule has 4 heteroatoms. The molecule has 0 aromatic carbocycles. The van der Waals surface area contributed by atoms with Gasteiger partial charge in [0, 0.05) is 4.94 Å². The number of hydrogen-bond donors (Lipinski definition) is 0. The van der Waals surface area contributed by atoms with Crippen molar-refractivity contribution in [1.82, 2.24) is 0 Å². The summed E-state index contributed by atoms with van der Waals surface area (Å²) in [5.41, 5.74) is 0. The SMILES string of the molecule is CC(C)(C)[Si](C)(C)C(=C=O)P(=S)(C(C)(C)C)C(C)(C)C. The summed E-state index contributed by atoms with van der Waals surface area (Å²) in [6, 6.07) is -2.03. The van der Waals surface area contributed by atoms with E-state index in [0.717, 1.165) is 4.94 Å². The monoisotopic (exact) mass is 332 g/mol. The highest BCUT2D eigenvalue weighted by Gasteiger charge is 2.53. The van der Waals surface area contributed by atoms with E-state index in [1.165, 1.54) is 0 Å². The summed E-state index contributed by atoms with van der Waals surface area (Å²) in [5.74, 6) is 2.38. The molecule has 0 unspecified atom stereocenters. The van der Waals surface area contributed by atoms with E-state index in [-0.39, 0.29) is 15.4 Å². The van der Waals surface area contributed by atoms with Gasteiger partial charge in [-0.25, -0.2) is 4.79 Å². The lowest BCUT2D eigenvalue weighted by Gasteiger charge is -2.51. The van der Waals surface area contributed by atoms with Crippen LogP contribution in [0.4, 0.5) is 0 Å². The first-order valence-corrected chi connectivity index (χ1v) is 13.1. The Morgan fingerprint density at radius 1 is 0.900 bits per heavy atom. The molecule has 1 nitrogen and oxygen atoms in total. The highest BCUT2D eigenvalue weighted by molar-refractivity contribution is 8.19. The summed E-state index contributed by atoms with van der Waals surface area (Å²) in [5, 5.41) is 0.00595. The minimum atomic E-state index is -2.03. The van der Waals surface area contributed by atoms with Gasteiger partial charge in [0.15, 0.2) is 0 Å². The second kappa shape index (κ2) is 5.50. The van der Waals surface area contributed by atoms with Crippen LogP contribution in [0.5, 0.6) is 0 Å². The highest BCUT2D eigenvalue weighted by Crippen LogP contribution is 2.74. The summed E-state index contributed by atoms with van der Waals surface area (Å²) in [4.78, 5) is 13.0. The lowest BCUT2D eigenvalue weighted by molar-refractivity contribution is 0.568. The molecule has 0 bridgehead atoms. The van der Waals surface area contributed by atoms with Gasteiger partial charge in [-0.05, 0) is 21.4 Å². The highest BCUT2D eigenvalue weighted by atomic mass is 32.4. The molecule has 0 radical (unpaired) electrons. The van der Waals surface area contributed by atoms with Crippen molar-refractivity contribution in [2.24, 2.45) is 0 Å². The average Bonchev–Trinajstić information content (AvgIpc) is 2.12. The fourth-order valence-corrected chi connectivity index (χ4v) is 15.4. The predicted octanol–water partition coefficient (Wildman–Crippen LogP) is 5.83. The smallest absolute Gasteiger partial charge is 0.124 e. The first kappa shape index (κ1) is 20.3. The third-order valence-corrected chi connectivity index (χ3v) is 21.3. The van der Waals surface area contributed by atoms with Crippen molar-refractivity contribution in [1.29, 1.82) is 0 Å². The normalized spacial score (nSPS) is 14.9. The summed E-state index contributed by atoms with van der Waals surface area (Å²) in [6.07, 6.45) is 0. The first-order chi connectivity index (χ1) is 8.44. The fourth-order valence-electron chi connectivity index (χ4n) is 2.62. The number of hydrogen-bond acceptors (Lipinski definition) is 2. The maximum atomic E-state index is 12.0. The second-order valence-corrected chi connectivity index (χ2v) is 20.9. The Hall–Kier alpha value is 0.317. The van der Waals surface area contributed by atoms with Crippen LogP contribution in [0.25, 0.3) is 0 Å². The molecule has 0 saturated heterocycles. The largest absolute Gasteiger partial charge is 0.234 e. The minimum absolute atomic E-state index is 0.0527.